The van der Waals surface area contributed by atoms with Gasteiger partial charge in [0.05, 0.1) is 24.3 Å². The van der Waals surface area contributed by atoms with Crippen molar-refractivity contribution in [1.82, 2.24) is 10.3 Å². The summed E-state index contributed by atoms with van der Waals surface area (Å²) >= 11 is 0. The molecule has 100 valence electrons. The number of methoxy groups -OCH3 is 1. The molecule has 0 aliphatic rings. The average Bonchev–Trinajstić information content (AvgIpc) is 2.62. The van der Waals surface area contributed by atoms with Crippen molar-refractivity contribution in [3.05, 3.63) is 17.8 Å². The van der Waals surface area contributed by atoms with Crippen molar-refractivity contribution in [2.45, 2.75) is 25.8 Å². The van der Waals surface area contributed by atoms with Gasteiger partial charge in [-0.1, -0.05) is 0 Å². The summed E-state index contributed by atoms with van der Waals surface area (Å²) in [6.45, 7) is 3.30. The van der Waals surface area contributed by atoms with E-state index in [1.165, 1.54) is 7.11 Å². The lowest BCUT2D eigenvalue weighted by molar-refractivity contribution is -0.139. The van der Waals surface area contributed by atoms with Gasteiger partial charge in [-0.3, -0.25) is 9.59 Å². The minimum absolute atomic E-state index is 0.0720. The summed E-state index contributed by atoms with van der Waals surface area (Å²) in [5, 5.41) is 11.4. The van der Waals surface area contributed by atoms with Crippen molar-refractivity contribution in [2.75, 3.05) is 13.7 Å². The molecule has 0 bridgehead atoms. The molecule has 1 aromatic rings. The molecule has 7 heteroatoms. The van der Waals surface area contributed by atoms with Crippen molar-refractivity contribution in [2.24, 2.45) is 0 Å². The number of carboxylic acid groups (broad SMARTS) is 1. The minimum atomic E-state index is -1.02. The zero-order chi connectivity index (χ0) is 13.8. The Morgan fingerprint density at radius 3 is 2.72 bits per heavy atom. The van der Waals surface area contributed by atoms with Gasteiger partial charge in [0.25, 0.3) is 5.91 Å². The lowest BCUT2D eigenvalue weighted by Gasteiger charge is -2.27. The summed E-state index contributed by atoms with van der Waals surface area (Å²) in [7, 11) is 1.44. The molecule has 0 fully saturated rings. The molecule has 1 unspecified atom stereocenters. The summed E-state index contributed by atoms with van der Waals surface area (Å²) in [6, 6.07) is 0. The average molecular weight is 256 g/mol. The maximum absolute atomic E-state index is 11.9. The van der Waals surface area contributed by atoms with Gasteiger partial charge >= 0.3 is 5.97 Å². The number of carbonyl (C=O) groups excluding carboxylic acids is 1. The van der Waals surface area contributed by atoms with Crippen LogP contribution in [0.25, 0.3) is 0 Å². The molecule has 0 aromatic carbocycles. The van der Waals surface area contributed by atoms with Crippen molar-refractivity contribution in [3.63, 3.8) is 0 Å². The van der Waals surface area contributed by atoms with Gasteiger partial charge < -0.3 is 19.6 Å². The van der Waals surface area contributed by atoms with Gasteiger partial charge in [-0.2, -0.15) is 0 Å². The number of rotatable bonds is 6. The number of aliphatic carboxylic acids is 1. The Bertz CT molecular complexity index is 442. The Balaban J connectivity index is 2.81. The molecule has 1 atom stereocenters. The van der Waals surface area contributed by atoms with E-state index in [1.807, 2.05) is 0 Å². The zero-order valence-electron chi connectivity index (χ0n) is 10.5. The highest BCUT2D eigenvalue weighted by molar-refractivity contribution is 5.93. The largest absolute Gasteiger partial charge is 0.481 e. The van der Waals surface area contributed by atoms with E-state index in [0.717, 1.165) is 6.39 Å². The molecule has 1 rings (SSSR count). The highest BCUT2D eigenvalue weighted by Gasteiger charge is 2.31. The first-order valence-corrected chi connectivity index (χ1v) is 5.31. The van der Waals surface area contributed by atoms with Crippen molar-refractivity contribution >= 4 is 11.9 Å². The first kappa shape index (κ1) is 14.2. The molecule has 0 radical (unpaired) electrons. The maximum atomic E-state index is 11.9. The Morgan fingerprint density at radius 2 is 2.28 bits per heavy atom. The summed E-state index contributed by atoms with van der Waals surface area (Å²) in [4.78, 5) is 26.5. The molecular weight excluding hydrogens is 240 g/mol. The van der Waals surface area contributed by atoms with E-state index >= 15 is 0 Å². The van der Waals surface area contributed by atoms with E-state index < -0.39 is 17.4 Å². The Morgan fingerprint density at radius 1 is 1.61 bits per heavy atom. The van der Waals surface area contributed by atoms with E-state index in [1.54, 1.807) is 13.8 Å². The molecule has 0 aliphatic heterocycles. The predicted octanol–water partition coefficient (Wildman–Crippen LogP) is 0.593. The third kappa shape index (κ3) is 3.56. The molecule has 2 N–H and O–H groups in total. The molecular formula is C11H16N2O5. The number of hydrogen-bond donors (Lipinski definition) is 2. The van der Waals surface area contributed by atoms with Gasteiger partial charge in [-0.25, -0.2) is 4.98 Å². The smallest absolute Gasteiger partial charge is 0.305 e. The Hall–Kier alpha value is -1.89. The number of ether oxygens (including phenoxy) is 1. The number of nitrogens with one attached hydrogen (secondary N) is 1. The van der Waals surface area contributed by atoms with Crippen molar-refractivity contribution in [1.29, 1.82) is 0 Å². The van der Waals surface area contributed by atoms with Crippen molar-refractivity contribution in [3.8, 4) is 0 Å². The number of aromatic nitrogens is 1. The molecule has 0 spiro atoms. The lowest BCUT2D eigenvalue weighted by atomic mass is 9.98. The van der Waals surface area contributed by atoms with Gasteiger partial charge in [-0.15, -0.1) is 0 Å². The van der Waals surface area contributed by atoms with Gasteiger partial charge in [0.2, 0.25) is 5.76 Å². The Labute approximate surface area is 104 Å². The fourth-order valence-electron chi connectivity index (χ4n) is 1.63. The third-order valence-corrected chi connectivity index (χ3v) is 2.37. The standard InChI is InChI=1S/C11H16N2O5/c1-7-9(18-6-12-7)10(16)13-11(2,5-17-3)4-8(14)15/h6H,4-5H2,1-3H3,(H,13,16)(H,14,15). The number of carboxylic acids is 1. The van der Waals surface area contributed by atoms with E-state index in [4.69, 9.17) is 14.3 Å². The number of hydrogen-bond acceptors (Lipinski definition) is 5. The lowest BCUT2D eigenvalue weighted by Crippen LogP contribution is -2.50. The number of aryl methyl sites for hydroxylation is 1. The van der Waals surface area contributed by atoms with E-state index in [0.29, 0.717) is 5.69 Å². The molecule has 1 aromatic heterocycles. The monoisotopic (exact) mass is 256 g/mol. The molecule has 0 aliphatic carbocycles. The summed E-state index contributed by atoms with van der Waals surface area (Å²) in [5.41, 5.74) is -0.556. The van der Waals surface area contributed by atoms with Crippen molar-refractivity contribution < 1.29 is 23.8 Å². The van der Waals surface area contributed by atoms with Gasteiger partial charge in [0.15, 0.2) is 6.39 Å². The molecule has 0 saturated carbocycles. The normalized spacial score (nSPS) is 13.9. The zero-order valence-corrected chi connectivity index (χ0v) is 10.5. The summed E-state index contributed by atoms with van der Waals surface area (Å²) < 4.78 is 9.88. The van der Waals surface area contributed by atoms with Crippen LogP contribution in [-0.2, 0) is 9.53 Å². The van der Waals surface area contributed by atoms with Crippen LogP contribution in [0.2, 0.25) is 0 Å². The molecule has 1 heterocycles. The van der Waals surface area contributed by atoms with E-state index in [-0.39, 0.29) is 18.8 Å². The van der Waals surface area contributed by atoms with E-state index in [2.05, 4.69) is 10.3 Å². The molecule has 1 amide bonds. The second kappa shape index (κ2) is 5.63. The van der Waals surface area contributed by atoms with Crippen LogP contribution >= 0.6 is 0 Å². The van der Waals surface area contributed by atoms with Crippen LogP contribution in [0.15, 0.2) is 10.8 Å². The third-order valence-electron chi connectivity index (χ3n) is 2.37. The van der Waals surface area contributed by atoms with Gasteiger partial charge in [-0.05, 0) is 13.8 Å². The fraction of sp³-hybridized carbons (Fsp3) is 0.545. The molecule has 7 nitrogen and oxygen atoms in total. The fourth-order valence-corrected chi connectivity index (χ4v) is 1.63. The first-order chi connectivity index (χ1) is 8.38. The highest BCUT2D eigenvalue weighted by atomic mass is 16.5. The van der Waals surface area contributed by atoms with Crippen LogP contribution in [0.5, 0.6) is 0 Å². The molecule has 18 heavy (non-hydrogen) atoms. The topological polar surface area (TPSA) is 102 Å². The van der Waals surface area contributed by atoms with Crippen LogP contribution in [-0.4, -0.2) is 41.2 Å². The van der Waals surface area contributed by atoms with Crippen LogP contribution in [0, 0.1) is 6.92 Å². The second-order valence-electron chi connectivity index (χ2n) is 4.29. The molecule has 0 saturated heterocycles. The summed E-state index contributed by atoms with van der Waals surface area (Å²) in [6.07, 6.45) is 0.912. The number of oxazole rings is 1. The second-order valence-corrected chi connectivity index (χ2v) is 4.29. The highest BCUT2D eigenvalue weighted by Crippen LogP contribution is 2.13. The first-order valence-electron chi connectivity index (χ1n) is 5.31. The van der Waals surface area contributed by atoms with Gasteiger partial charge in [0, 0.05) is 7.11 Å². The quantitative estimate of drug-likeness (QED) is 0.772. The Kier molecular flexibility index (Phi) is 4.43. The van der Waals surface area contributed by atoms with Crippen LogP contribution < -0.4 is 5.32 Å². The number of carbonyl (C=O) groups is 2. The van der Waals surface area contributed by atoms with Crippen LogP contribution in [0.1, 0.15) is 29.6 Å². The minimum Gasteiger partial charge on any atom is -0.481 e. The number of nitrogens with zero attached hydrogens (tertiary/aromatic N) is 1. The van der Waals surface area contributed by atoms with Gasteiger partial charge in [0.1, 0.15) is 0 Å². The summed E-state index contributed by atoms with van der Waals surface area (Å²) in [5.74, 6) is -1.46. The van der Waals surface area contributed by atoms with E-state index in [9.17, 15) is 9.59 Å². The van der Waals surface area contributed by atoms with Crippen LogP contribution in [0.4, 0.5) is 0 Å². The SMILES string of the molecule is COCC(C)(CC(=O)O)NC(=O)c1ocnc1C. The maximum Gasteiger partial charge on any atom is 0.305 e. The predicted molar refractivity (Wildman–Crippen MR) is 61.2 cm³/mol. The van der Waals surface area contributed by atoms with Crippen LogP contribution in [0.3, 0.4) is 0 Å². The number of amides is 1.